The summed E-state index contributed by atoms with van der Waals surface area (Å²) in [4.78, 5) is 3.74. The highest BCUT2D eigenvalue weighted by Crippen LogP contribution is 2.63. The Morgan fingerprint density at radius 1 is 0.677 bits per heavy atom. The topological polar surface area (TPSA) is 28.1 Å². The van der Waals surface area contributed by atoms with E-state index in [1.165, 1.54) is 33.4 Å². The number of rotatable bonds is 0. The Labute approximate surface area is 181 Å². The fraction of sp³-hybridized carbons (Fsp3) is 0.103. The molecule has 2 nitrogen and oxygen atoms in total. The number of hydrogen-bond acceptors (Lipinski definition) is 1. The normalized spacial score (nSPS) is 13.7. The number of fused-ring (bicyclic) bond motifs is 10. The highest BCUT2D eigenvalue weighted by molar-refractivity contribution is 5.96. The molecule has 6 rings (SSSR count). The van der Waals surface area contributed by atoms with Gasteiger partial charge in [-0.05, 0) is 70.5 Å². The Kier molecular flexibility index (Phi) is 3.39. The Bertz CT molecular complexity index is 1410. The van der Waals surface area contributed by atoms with Crippen LogP contribution in [0.25, 0.3) is 27.1 Å². The van der Waals surface area contributed by atoms with Gasteiger partial charge in [0.05, 0.1) is 23.6 Å². The molecule has 0 N–H and O–H groups in total. The Morgan fingerprint density at radius 2 is 1.16 bits per heavy atom. The van der Waals surface area contributed by atoms with Crippen LogP contribution in [-0.2, 0) is 5.41 Å². The lowest BCUT2D eigenvalue weighted by Gasteiger charge is -2.31. The van der Waals surface area contributed by atoms with Gasteiger partial charge in [0.1, 0.15) is 0 Å². The molecule has 0 atom stereocenters. The summed E-state index contributed by atoms with van der Waals surface area (Å²) < 4.78 is 0. The van der Waals surface area contributed by atoms with Crippen LogP contribution < -0.4 is 0 Å². The molecule has 4 aromatic carbocycles. The molecule has 144 valence electrons. The molecule has 0 aliphatic heterocycles. The molecule has 4 aromatic rings. The molecule has 0 bridgehead atoms. The van der Waals surface area contributed by atoms with Gasteiger partial charge in [-0.15, -0.1) is 0 Å². The van der Waals surface area contributed by atoms with Crippen molar-refractivity contribution >= 4 is 5.69 Å². The molecule has 0 amide bonds. The van der Waals surface area contributed by atoms with Gasteiger partial charge in [0.25, 0.3) is 0 Å². The van der Waals surface area contributed by atoms with Gasteiger partial charge in [-0.25, -0.2) is 4.85 Å². The van der Waals surface area contributed by atoms with Crippen LogP contribution >= 0.6 is 0 Å². The molecule has 0 aromatic heterocycles. The zero-order chi connectivity index (χ0) is 21.3. The van der Waals surface area contributed by atoms with Gasteiger partial charge in [0.2, 0.25) is 0 Å². The molecule has 2 aliphatic carbocycles. The van der Waals surface area contributed by atoms with E-state index in [2.05, 4.69) is 85.4 Å². The predicted molar refractivity (Wildman–Crippen MR) is 123 cm³/mol. The monoisotopic (exact) mass is 394 g/mol. The van der Waals surface area contributed by atoms with E-state index in [-0.39, 0.29) is 0 Å². The van der Waals surface area contributed by atoms with Gasteiger partial charge < -0.3 is 0 Å². The average molecular weight is 394 g/mol. The van der Waals surface area contributed by atoms with Gasteiger partial charge >= 0.3 is 0 Å². The quantitative estimate of drug-likeness (QED) is 0.253. The molecule has 0 radical (unpaired) electrons. The first-order valence-corrected chi connectivity index (χ1v) is 10.4. The van der Waals surface area contributed by atoms with Crippen molar-refractivity contribution in [3.8, 4) is 28.3 Å². The Morgan fingerprint density at radius 3 is 1.71 bits per heavy atom. The number of nitrogens with zero attached hydrogens (tertiary/aromatic N) is 2. The molecular formula is C29H18N2. The summed E-state index contributed by atoms with van der Waals surface area (Å²) in [5.74, 6) is 0. The summed E-state index contributed by atoms with van der Waals surface area (Å²) in [6.45, 7) is 11.9. The van der Waals surface area contributed by atoms with Gasteiger partial charge in [-0.3, -0.25) is 0 Å². The molecule has 1 spiro atoms. The largest absolute Gasteiger partial charge is 0.238 e. The highest BCUT2D eigenvalue weighted by Gasteiger charge is 2.51. The average Bonchev–Trinajstić information content (AvgIpc) is 3.24. The summed E-state index contributed by atoms with van der Waals surface area (Å²) in [6, 6.07) is 27.7. The van der Waals surface area contributed by atoms with E-state index in [0.29, 0.717) is 11.3 Å². The third-order valence-electron chi connectivity index (χ3n) is 6.83. The first-order valence-electron chi connectivity index (χ1n) is 10.4. The van der Waals surface area contributed by atoms with Crippen LogP contribution in [0.2, 0.25) is 0 Å². The molecule has 2 heteroatoms. The van der Waals surface area contributed by atoms with Crippen LogP contribution in [-0.4, -0.2) is 0 Å². The van der Waals surface area contributed by atoms with Crippen molar-refractivity contribution in [1.29, 1.82) is 5.26 Å². The van der Waals surface area contributed by atoms with E-state index in [1.54, 1.807) is 0 Å². The van der Waals surface area contributed by atoms with Crippen molar-refractivity contribution in [2.45, 2.75) is 19.3 Å². The number of aryl methyl sites for hydroxylation is 2. The van der Waals surface area contributed by atoms with Gasteiger partial charge in [-0.2, -0.15) is 5.26 Å². The smallest absolute Gasteiger partial charge is 0.187 e. The summed E-state index contributed by atoms with van der Waals surface area (Å²) >= 11 is 0. The van der Waals surface area contributed by atoms with Gasteiger partial charge in [0, 0.05) is 0 Å². The van der Waals surface area contributed by atoms with Crippen molar-refractivity contribution in [2.24, 2.45) is 0 Å². The van der Waals surface area contributed by atoms with E-state index in [4.69, 9.17) is 6.57 Å². The second-order valence-electron chi connectivity index (χ2n) is 8.56. The summed E-state index contributed by atoms with van der Waals surface area (Å²) in [5.41, 5.74) is 12.7. The minimum Gasteiger partial charge on any atom is -0.238 e. The van der Waals surface area contributed by atoms with E-state index < -0.39 is 5.41 Å². The fourth-order valence-corrected chi connectivity index (χ4v) is 5.58. The fourth-order valence-electron chi connectivity index (χ4n) is 5.58. The summed E-state index contributed by atoms with van der Waals surface area (Å²) in [5, 5.41) is 9.69. The van der Waals surface area contributed by atoms with Gasteiger partial charge in [0.15, 0.2) is 5.69 Å². The molecule has 0 saturated heterocycles. The molecule has 2 aliphatic rings. The Hall–Kier alpha value is -4.14. The lowest BCUT2D eigenvalue weighted by Crippen LogP contribution is -2.26. The molecule has 0 fully saturated rings. The zero-order valence-corrected chi connectivity index (χ0v) is 17.3. The van der Waals surface area contributed by atoms with Crippen LogP contribution in [0.3, 0.4) is 0 Å². The van der Waals surface area contributed by atoms with Crippen LogP contribution in [0.15, 0.2) is 72.8 Å². The second-order valence-corrected chi connectivity index (χ2v) is 8.56. The Balaban J connectivity index is 1.88. The molecule has 31 heavy (non-hydrogen) atoms. The maximum absolute atomic E-state index is 9.69. The molecule has 0 unspecified atom stereocenters. The number of hydrogen-bond donors (Lipinski definition) is 0. The molecule has 0 saturated carbocycles. The van der Waals surface area contributed by atoms with Crippen molar-refractivity contribution in [1.82, 2.24) is 0 Å². The predicted octanol–water partition coefficient (Wildman–Crippen LogP) is 7.07. The lowest BCUT2D eigenvalue weighted by atomic mass is 9.70. The first-order chi connectivity index (χ1) is 15.1. The minimum absolute atomic E-state index is 0.513. The van der Waals surface area contributed by atoms with E-state index >= 15 is 0 Å². The van der Waals surface area contributed by atoms with Crippen LogP contribution in [0.1, 0.15) is 38.9 Å². The van der Waals surface area contributed by atoms with Crippen molar-refractivity contribution < 1.29 is 0 Å². The summed E-state index contributed by atoms with van der Waals surface area (Å²) in [6.07, 6.45) is 0. The van der Waals surface area contributed by atoms with Crippen LogP contribution in [0.4, 0.5) is 5.69 Å². The van der Waals surface area contributed by atoms with Crippen molar-refractivity contribution in [2.75, 3.05) is 0 Å². The van der Waals surface area contributed by atoms with Crippen molar-refractivity contribution in [3.05, 3.63) is 123 Å². The first kappa shape index (κ1) is 17.7. The SMILES string of the molecule is [C-]#[N+]c1ccc2c(c1)C1(c3cc(C)ccc3-c3ccc(C)cc31)c1cc(C#N)ccc1-2. The minimum atomic E-state index is -0.513. The van der Waals surface area contributed by atoms with E-state index in [0.717, 1.165) is 22.3 Å². The van der Waals surface area contributed by atoms with Crippen LogP contribution in [0.5, 0.6) is 0 Å². The second kappa shape index (κ2) is 5.94. The lowest BCUT2D eigenvalue weighted by molar-refractivity contribution is 0.791. The maximum atomic E-state index is 9.69. The third-order valence-corrected chi connectivity index (χ3v) is 6.83. The molecule has 0 heterocycles. The van der Waals surface area contributed by atoms with Crippen molar-refractivity contribution in [3.63, 3.8) is 0 Å². The summed E-state index contributed by atoms with van der Waals surface area (Å²) in [7, 11) is 0. The van der Waals surface area contributed by atoms with E-state index in [1.807, 2.05) is 12.1 Å². The van der Waals surface area contributed by atoms with E-state index in [9.17, 15) is 5.26 Å². The maximum Gasteiger partial charge on any atom is 0.187 e. The third kappa shape index (κ3) is 2.09. The van der Waals surface area contributed by atoms with Gasteiger partial charge in [-0.1, -0.05) is 71.8 Å². The van der Waals surface area contributed by atoms with Crippen LogP contribution in [0, 0.1) is 31.8 Å². The standard InChI is InChI=1S/C29H18N2/c1-17-4-8-21-22-9-5-18(2)13-26(22)29(25(21)12-17)27-14-19(16-30)6-10-23(27)24-11-7-20(31-3)15-28(24)29/h4-15H,1-2H3. The highest BCUT2D eigenvalue weighted by atomic mass is 14.6. The number of nitriles is 1. The molecular weight excluding hydrogens is 376 g/mol. The zero-order valence-electron chi connectivity index (χ0n) is 17.3. The number of benzene rings is 4.